The number of amides is 1. The number of rotatable bonds is 7. The molecule has 2 heterocycles. The molecule has 0 unspecified atom stereocenters. The van der Waals surface area contributed by atoms with Gasteiger partial charge in [0.1, 0.15) is 5.03 Å². The maximum atomic E-state index is 11.4. The van der Waals surface area contributed by atoms with E-state index in [1.54, 1.807) is 6.20 Å². The number of piperazine rings is 1. The molecule has 8 heteroatoms. The standard InChI is InChI=1S/C24H26N6OS/c1-3-22(31)26-18-6-10-21(11-7-18)32-23-12-13-25-24(28-23)27-19-4-8-20(9-5-19)30-16-14-29(2)15-17-30/h3-13H,1,14-17H2,2H3,(H,26,31)(H,25,27,28). The van der Waals surface area contributed by atoms with Crippen molar-refractivity contribution >= 4 is 40.7 Å². The van der Waals surface area contributed by atoms with Gasteiger partial charge in [-0.1, -0.05) is 18.3 Å². The molecule has 32 heavy (non-hydrogen) atoms. The van der Waals surface area contributed by atoms with Crippen LogP contribution in [-0.2, 0) is 4.79 Å². The number of hydrogen-bond donors (Lipinski definition) is 2. The van der Waals surface area contributed by atoms with Gasteiger partial charge < -0.3 is 20.4 Å². The van der Waals surface area contributed by atoms with Gasteiger partial charge in [0.15, 0.2) is 0 Å². The van der Waals surface area contributed by atoms with Crippen molar-refractivity contribution < 1.29 is 4.79 Å². The summed E-state index contributed by atoms with van der Waals surface area (Å²) in [6.45, 7) is 7.73. The Balaban J connectivity index is 1.37. The zero-order chi connectivity index (χ0) is 22.3. The summed E-state index contributed by atoms with van der Waals surface area (Å²) in [5.74, 6) is 0.325. The van der Waals surface area contributed by atoms with E-state index in [1.165, 1.54) is 23.5 Å². The second-order valence-electron chi connectivity index (χ2n) is 7.50. The molecular formula is C24H26N6OS. The van der Waals surface area contributed by atoms with E-state index in [1.807, 2.05) is 30.3 Å². The molecule has 2 N–H and O–H groups in total. The van der Waals surface area contributed by atoms with Gasteiger partial charge in [-0.3, -0.25) is 4.79 Å². The van der Waals surface area contributed by atoms with Crippen molar-refractivity contribution in [1.29, 1.82) is 0 Å². The summed E-state index contributed by atoms with van der Waals surface area (Å²) in [5, 5.41) is 6.86. The first-order valence-corrected chi connectivity index (χ1v) is 11.3. The lowest BCUT2D eigenvalue weighted by molar-refractivity contribution is -0.111. The van der Waals surface area contributed by atoms with E-state index in [4.69, 9.17) is 0 Å². The number of nitrogens with zero attached hydrogens (tertiary/aromatic N) is 4. The van der Waals surface area contributed by atoms with Crippen LogP contribution in [0.4, 0.5) is 23.0 Å². The summed E-state index contributed by atoms with van der Waals surface area (Å²) >= 11 is 1.53. The molecule has 4 rings (SSSR count). The minimum atomic E-state index is -0.228. The van der Waals surface area contributed by atoms with Crippen molar-refractivity contribution in [2.75, 3.05) is 48.8 Å². The maximum Gasteiger partial charge on any atom is 0.247 e. The van der Waals surface area contributed by atoms with Gasteiger partial charge >= 0.3 is 0 Å². The molecule has 3 aromatic rings. The van der Waals surface area contributed by atoms with Crippen LogP contribution in [0.15, 0.2) is 83.4 Å². The molecule has 7 nitrogen and oxygen atoms in total. The summed E-state index contributed by atoms with van der Waals surface area (Å²) in [6.07, 6.45) is 2.99. The predicted octanol–water partition coefficient (Wildman–Crippen LogP) is 4.25. The Labute approximate surface area is 192 Å². The number of carbonyl (C=O) groups is 1. The zero-order valence-corrected chi connectivity index (χ0v) is 18.8. The first-order valence-electron chi connectivity index (χ1n) is 10.4. The van der Waals surface area contributed by atoms with Gasteiger partial charge in [0.2, 0.25) is 11.9 Å². The lowest BCUT2D eigenvalue weighted by Gasteiger charge is -2.34. The Kier molecular flexibility index (Phi) is 7.03. The van der Waals surface area contributed by atoms with Crippen LogP contribution in [0.5, 0.6) is 0 Å². The lowest BCUT2D eigenvalue weighted by atomic mass is 10.2. The third-order valence-electron chi connectivity index (χ3n) is 5.15. The number of nitrogens with one attached hydrogen (secondary N) is 2. The number of aromatic nitrogens is 2. The molecule has 0 atom stereocenters. The number of benzene rings is 2. The SMILES string of the molecule is C=CC(=O)Nc1ccc(Sc2ccnc(Nc3ccc(N4CCN(C)CC4)cc3)n2)cc1. The summed E-state index contributed by atoms with van der Waals surface area (Å²) in [6, 6.07) is 17.9. The van der Waals surface area contributed by atoms with Crippen LogP contribution in [0.1, 0.15) is 0 Å². The molecule has 1 amide bonds. The van der Waals surface area contributed by atoms with E-state index < -0.39 is 0 Å². The van der Waals surface area contributed by atoms with E-state index in [0.29, 0.717) is 5.95 Å². The Morgan fingerprint density at radius 1 is 1.00 bits per heavy atom. The van der Waals surface area contributed by atoms with Crippen LogP contribution in [0.2, 0.25) is 0 Å². The van der Waals surface area contributed by atoms with Gasteiger partial charge in [-0.05, 0) is 67.7 Å². The van der Waals surface area contributed by atoms with Crippen LogP contribution in [0.3, 0.4) is 0 Å². The Morgan fingerprint density at radius 3 is 2.38 bits per heavy atom. The highest BCUT2D eigenvalue weighted by Crippen LogP contribution is 2.28. The van der Waals surface area contributed by atoms with E-state index in [2.05, 4.69) is 68.3 Å². The molecule has 0 radical (unpaired) electrons. The Morgan fingerprint density at radius 2 is 1.69 bits per heavy atom. The first-order chi connectivity index (χ1) is 15.6. The van der Waals surface area contributed by atoms with Crippen molar-refractivity contribution in [2.45, 2.75) is 9.92 Å². The van der Waals surface area contributed by atoms with E-state index in [9.17, 15) is 4.79 Å². The fourth-order valence-electron chi connectivity index (χ4n) is 3.33. The molecular weight excluding hydrogens is 420 g/mol. The second-order valence-corrected chi connectivity index (χ2v) is 8.59. The highest BCUT2D eigenvalue weighted by molar-refractivity contribution is 7.99. The molecule has 1 fully saturated rings. The normalized spacial score (nSPS) is 14.1. The molecule has 1 aromatic heterocycles. The Hall–Kier alpha value is -3.36. The average molecular weight is 447 g/mol. The molecule has 0 aliphatic carbocycles. The van der Waals surface area contributed by atoms with Crippen LogP contribution in [0, 0.1) is 0 Å². The van der Waals surface area contributed by atoms with Gasteiger partial charge in [0, 0.05) is 54.3 Å². The Bertz CT molecular complexity index is 1060. The van der Waals surface area contributed by atoms with E-state index >= 15 is 0 Å². The summed E-state index contributed by atoms with van der Waals surface area (Å²) < 4.78 is 0. The van der Waals surface area contributed by atoms with Gasteiger partial charge in [-0.15, -0.1) is 0 Å². The maximum absolute atomic E-state index is 11.4. The summed E-state index contributed by atoms with van der Waals surface area (Å²) in [4.78, 5) is 26.1. The smallest absolute Gasteiger partial charge is 0.247 e. The number of likely N-dealkylation sites (N-methyl/N-ethyl adjacent to an activating group) is 1. The lowest BCUT2D eigenvalue weighted by Crippen LogP contribution is -2.44. The number of anilines is 4. The van der Waals surface area contributed by atoms with Crippen LogP contribution >= 0.6 is 11.8 Å². The highest BCUT2D eigenvalue weighted by Gasteiger charge is 2.14. The average Bonchev–Trinajstić information content (AvgIpc) is 2.82. The minimum absolute atomic E-state index is 0.228. The largest absolute Gasteiger partial charge is 0.369 e. The summed E-state index contributed by atoms with van der Waals surface area (Å²) in [7, 11) is 2.16. The van der Waals surface area contributed by atoms with Gasteiger partial charge in [-0.2, -0.15) is 0 Å². The molecule has 1 aliphatic rings. The molecule has 2 aromatic carbocycles. The minimum Gasteiger partial charge on any atom is -0.369 e. The fourth-order valence-corrected chi connectivity index (χ4v) is 4.10. The molecule has 1 aliphatic heterocycles. The van der Waals surface area contributed by atoms with Crippen molar-refractivity contribution in [1.82, 2.24) is 14.9 Å². The van der Waals surface area contributed by atoms with E-state index in [-0.39, 0.29) is 5.91 Å². The quantitative estimate of drug-likeness (QED) is 0.415. The second kappa shape index (κ2) is 10.3. The van der Waals surface area contributed by atoms with Crippen molar-refractivity contribution in [3.8, 4) is 0 Å². The fraction of sp³-hybridized carbons (Fsp3) is 0.208. The van der Waals surface area contributed by atoms with Gasteiger partial charge in [-0.25, -0.2) is 9.97 Å². The molecule has 164 valence electrons. The topological polar surface area (TPSA) is 73.4 Å². The first kappa shape index (κ1) is 21.9. The monoisotopic (exact) mass is 446 g/mol. The van der Waals surface area contributed by atoms with Crippen LogP contribution in [-0.4, -0.2) is 54.0 Å². The predicted molar refractivity (Wildman–Crippen MR) is 131 cm³/mol. The molecule has 0 bridgehead atoms. The van der Waals surface area contributed by atoms with Crippen molar-refractivity contribution in [2.24, 2.45) is 0 Å². The van der Waals surface area contributed by atoms with Crippen LogP contribution in [0.25, 0.3) is 0 Å². The highest BCUT2D eigenvalue weighted by atomic mass is 32.2. The van der Waals surface area contributed by atoms with Gasteiger partial charge in [0.05, 0.1) is 0 Å². The molecule has 0 saturated carbocycles. The van der Waals surface area contributed by atoms with Crippen LogP contribution < -0.4 is 15.5 Å². The molecule has 0 spiro atoms. The number of carbonyl (C=O) groups excluding carboxylic acids is 1. The number of hydrogen-bond acceptors (Lipinski definition) is 7. The van der Waals surface area contributed by atoms with Crippen molar-refractivity contribution in [3.05, 3.63) is 73.4 Å². The summed E-state index contributed by atoms with van der Waals surface area (Å²) in [5.41, 5.74) is 2.92. The third-order valence-corrected chi connectivity index (χ3v) is 6.10. The van der Waals surface area contributed by atoms with E-state index in [0.717, 1.165) is 47.5 Å². The van der Waals surface area contributed by atoms with Crippen molar-refractivity contribution in [3.63, 3.8) is 0 Å². The third kappa shape index (κ3) is 5.87. The zero-order valence-electron chi connectivity index (χ0n) is 18.0. The molecule has 1 saturated heterocycles. The van der Waals surface area contributed by atoms with Gasteiger partial charge in [0.25, 0.3) is 0 Å².